The molecule has 0 radical (unpaired) electrons. The quantitative estimate of drug-likeness (QED) is 0.794. The second-order valence-electron chi connectivity index (χ2n) is 4.82. The molecule has 0 amide bonds. The van der Waals surface area contributed by atoms with Gasteiger partial charge >= 0.3 is 0 Å². The van der Waals surface area contributed by atoms with Crippen molar-refractivity contribution in [1.82, 2.24) is 5.32 Å². The lowest BCUT2D eigenvalue weighted by atomic mass is 10.0. The van der Waals surface area contributed by atoms with Crippen LogP contribution in [0.3, 0.4) is 0 Å². The van der Waals surface area contributed by atoms with Gasteiger partial charge in [0, 0.05) is 17.5 Å². The Morgan fingerprint density at radius 3 is 3.06 bits per heavy atom. The minimum absolute atomic E-state index is 0. The average molecular weight is 290 g/mol. The van der Waals surface area contributed by atoms with Crippen molar-refractivity contribution in [2.24, 2.45) is 0 Å². The third-order valence-electron chi connectivity index (χ3n) is 3.42. The molecule has 1 aliphatic rings. The minimum Gasteiger partial charge on any atom is -0.373 e. The van der Waals surface area contributed by atoms with Gasteiger partial charge in [0.05, 0.1) is 6.10 Å². The zero-order valence-corrected chi connectivity index (χ0v) is 12.7. The fraction of sp³-hybridized carbons (Fsp3) is 0.714. The van der Waals surface area contributed by atoms with Crippen molar-refractivity contribution in [1.29, 1.82) is 0 Å². The first-order chi connectivity index (χ1) is 8.36. The van der Waals surface area contributed by atoms with Crippen molar-refractivity contribution < 1.29 is 4.74 Å². The van der Waals surface area contributed by atoms with E-state index in [1.807, 2.05) is 0 Å². The highest BCUT2D eigenvalue weighted by atomic mass is 35.5. The van der Waals surface area contributed by atoms with Crippen molar-refractivity contribution in [3.8, 4) is 0 Å². The number of nitrogens with one attached hydrogen (secondary N) is 1. The molecule has 2 atom stereocenters. The second-order valence-corrected chi connectivity index (χ2v) is 5.80. The van der Waals surface area contributed by atoms with E-state index in [0.717, 1.165) is 12.6 Å². The van der Waals surface area contributed by atoms with E-state index < -0.39 is 0 Å². The Bertz CT molecular complexity index is 299. The summed E-state index contributed by atoms with van der Waals surface area (Å²) in [5.41, 5.74) is 0. The molecular formula is C14H24ClNOS. The van der Waals surface area contributed by atoms with Gasteiger partial charge in [0.2, 0.25) is 0 Å². The first-order valence-corrected chi connectivity index (χ1v) is 7.62. The molecule has 2 nitrogen and oxygen atoms in total. The summed E-state index contributed by atoms with van der Waals surface area (Å²) in [6.07, 6.45) is 6.78. The van der Waals surface area contributed by atoms with Crippen LogP contribution in [0.25, 0.3) is 0 Å². The molecule has 1 aromatic rings. The fourth-order valence-corrected chi connectivity index (χ4v) is 3.10. The van der Waals surface area contributed by atoms with Crippen LogP contribution in [0.2, 0.25) is 0 Å². The first-order valence-electron chi connectivity index (χ1n) is 6.74. The summed E-state index contributed by atoms with van der Waals surface area (Å²) < 4.78 is 5.86. The molecule has 4 heteroatoms. The molecule has 0 spiro atoms. The van der Waals surface area contributed by atoms with E-state index in [0.29, 0.717) is 0 Å². The van der Waals surface area contributed by atoms with Crippen LogP contribution in [0.4, 0.5) is 0 Å². The van der Waals surface area contributed by atoms with Gasteiger partial charge in [-0.3, -0.25) is 0 Å². The van der Waals surface area contributed by atoms with E-state index in [4.69, 9.17) is 4.74 Å². The van der Waals surface area contributed by atoms with Gasteiger partial charge in [-0.2, -0.15) is 0 Å². The molecule has 1 aliphatic heterocycles. The van der Waals surface area contributed by atoms with Crippen LogP contribution in [-0.2, 0) is 4.74 Å². The molecule has 0 bridgehead atoms. The zero-order chi connectivity index (χ0) is 11.9. The molecule has 104 valence electrons. The van der Waals surface area contributed by atoms with E-state index in [9.17, 15) is 0 Å². The Morgan fingerprint density at radius 1 is 1.50 bits per heavy atom. The van der Waals surface area contributed by atoms with Crippen LogP contribution in [0.1, 0.15) is 50.0 Å². The Balaban J connectivity index is 0.00000162. The number of thiophene rings is 1. The first kappa shape index (κ1) is 16.0. The maximum Gasteiger partial charge on any atom is 0.0888 e. The van der Waals surface area contributed by atoms with E-state index in [2.05, 4.69) is 29.8 Å². The van der Waals surface area contributed by atoms with Crippen molar-refractivity contribution in [3.05, 3.63) is 22.4 Å². The fourth-order valence-electron chi connectivity index (χ4n) is 2.36. The lowest BCUT2D eigenvalue weighted by molar-refractivity contribution is 0.0635. The Kier molecular flexibility index (Phi) is 7.91. The molecule has 0 saturated carbocycles. The molecule has 1 aromatic heterocycles. The molecule has 18 heavy (non-hydrogen) atoms. The highest BCUT2D eigenvalue weighted by molar-refractivity contribution is 7.10. The number of rotatable bonds is 6. The summed E-state index contributed by atoms with van der Waals surface area (Å²) in [5.74, 6) is 0. The van der Waals surface area contributed by atoms with Crippen LogP contribution >= 0.6 is 23.7 Å². The van der Waals surface area contributed by atoms with Crippen molar-refractivity contribution in [2.45, 2.75) is 51.2 Å². The lowest BCUT2D eigenvalue weighted by Crippen LogP contribution is -2.34. The van der Waals surface area contributed by atoms with Crippen molar-refractivity contribution in [3.63, 3.8) is 0 Å². The number of hydrogen-bond donors (Lipinski definition) is 1. The van der Waals surface area contributed by atoms with Gasteiger partial charge in [-0.25, -0.2) is 0 Å². The SMILES string of the molecule is CC(OCCCC1CCCCN1)c1cccs1.Cl. The maximum atomic E-state index is 5.86. The Hall–Kier alpha value is -0.0900. The van der Waals surface area contributed by atoms with E-state index in [-0.39, 0.29) is 18.5 Å². The average Bonchev–Trinajstić information content (AvgIpc) is 2.89. The van der Waals surface area contributed by atoms with Gasteiger partial charge in [-0.1, -0.05) is 12.5 Å². The molecule has 0 aromatic carbocycles. The van der Waals surface area contributed by atoms with E-state index in [1.54, 1.807) is 11.3 Å². The summed E-state index contributed by atoms with van der Waals surface area (Å²) in [7, 11) is 0. The van der Waals surface area contributed by atoms with Crippen LogP contribution in [0.5, 0.6) is 0 Å². The number of ether oxygens (including phenoxy) is 1. The summed E-state index contributed by atoms with van der Waals surface area (Å²) in [6, 6.07) is 4.98. The van der Waals surface area contributed by atoms with Gasteiger partial charge < -0.3 is 10.1 Å². The molecule has 2 rings (SSSR count). The molecular weight excluding hydrogens is 266 g/mol. The van der Waals surface area contributed by atoms with E-state index in [1.165, 1.54) is 43.5 Å². The summed E-state index contributed by atoms with van der Waals surface area (Å²) >= 11 is 1.78. The predicted molar refractivity (Wildman–Crippen MR) is 80.8 cm³/mol. The predicted octanol–water partition coefficient (Wildman–Crippen LogP) is 4.17. The van der Waals surface area contributed by atoms with Gasteiger partial charge in [0.15, 0.2) is 0 Å². The van der Waals surface area contributed by atoms with Crippen molar-refractivity contribution in [2.75, 3.05) is 13.2 Å². The molecule has 1 fully saturated rings. The Morgan fingerprint density at radius 2 is 2.39 bits per heavy atom. The van der Waals surface area contributed by atoms with E-state index >= 15 is 0 Å². The molecule has 1 saturated heterocycles. The topological polar surface area (TPSA) is 21.3 Å². The smallest absolute Gasteiger partial charge is 0.0888 e. The van der Waals surface area contributed by atoms with Gasteiger partial charge in [-0.15, -0.1) is 23.7 Å². The molecule has 1 N–H and O–H groups in total. The molecule has 2 heterocycles. The van der Waals surface area contributed by atoms with Crippen LogP contribution in [-0.4, -0.2) is 19.2 Å². The Labute approximate surface area is 121 Å². The largest absolute Gasteiger partial charge is 0.373 e. The zero-order valence-electron chi connectivity index (χ0n) is 11.1. The maximum absolute atomic E-state index is 5.86. The monoisotopic (exact) mass is 289 g/mol. The third-order valence-corrected chi connectivity index (χ3v) is 4.45. The molecule has 2 unspecified atom stereocenters. The second kappa shape index (κ2) is 8.92. The summed E-state index contributed by atoms with van der Waals surface area (Å²) in [4.78, 5) is 1.33. The number of piperidine rings is 1. The lowest BCUT2D eigenvalue weighted by Gasteiger charge is -2.23. The normalized spacial score (nSPS) is 21.3. The van der Waals surface area contributed by atoms with Gasteiger partial charge in [0.1, 0.15) is 0 Å². The standard InChI is InChI=1S/C14H23NOS.ClH/c1-12(14-8-5-11-17-14)16-10-4-7-13-6-2-3-9-15-13;/h5,8,11-13,15H,2-4,6-7,9-10H2,1H3;1H. The highest BCUT2D eigenvalue weighted by Gasteiger charge is 2.12. The van der Waals surface area contributed by atoms with Crippen molar-refractivity contribution >= 4 is 23.7 Å². The molecule has 0 aliphatic carbocycles. The summed E-state index contributed by atoms with van der Waals surface area (Å²) in [5, 5.41) is 5.69. The van der Waals surface area contributed by atoms with Gasteiger partial charge in [0.25, 0.3) is 0 Å². The van der Waals surface area contributed by atoms with Crippen LogP contribution in [0, 0.1) is 0 Å². The third kappa shape index (κ3) is 5.27. The summed E-state index contributed by atoms with van der Waals surface area (Å²) in [6.45, 7) is 4.24. The minimum atomic E-state index is 0. The number of hydrogen-bond acceptors (Lipinski definition) is 3. The highest BCUT2D eigenvalue weighted by Crippen LogP contribution is 2.22. The van der Waals surface area contributed by atoms with Crippen LogP contribution in [0.15, 0.2) is 17.5 Å². The number of halogens is 1. The van der Waals surface area contributed by atoms with Gasteiger partial charge in [-0.05, 0) is 50.6 Å². The van der Waals surface area contributed by atoms with Crippen LogP contribution < -0.4 is 5.32 Å².